The van der Waals surface area contributed by atoms with Crippen molar-refractivity contribution in [2.75, 3.05) is 5.32 Å². The molecule has 0 aliphatic carbocycles. The highest BCUT2D eigenvalue weighted by Gasteiger charge is 2.09. The van der Waals surface area contributed by atoms with E-state index in [2.05, 4.69) is 28.5 Å². The molecular weight excluding hydrogens is 340 g/mol. The Balaban J connectivity index is 1.48. The van der Waals surface area contributed by atoms with Crippen LogP contribution >= 0.6 is 11.8 Å². The highest BCUT2D eigenvalue weighted by molar-refractivity contribution is 7.99. The van der Waals surface area contributed by atoms with E-state index in [-0.39, 0.29) is 5.91 Å². The third kappa shape index (κ3) is 3.81. The van der Waals surface area contributed by atoms with Gasteiger partial charge < -0.3 is 10.3 Å². The molecule has 128 valence electrons. The number of nitrogens with one attached hydrogen (secondary N) is 2. The van der Waals surface area contributed by atoms with Gasteiger partial charge in [-0.05, 0) is 53.4 Å². The van der Waals surface area contributed by atoms with Crippen LogP contribution in [0.2, 0.25) is 0 Å². The van der Waals surface area contributed by atoms with Gasteiger partial charge in [-0.25, -0.2) is 0 Å². The van der Waals surface area contributed by atoms with E-state index < -0.39 is 0 Å². The molecule has 0 bridgehead atoms. The molecule has 1 heterocycles. The molecule has 0 unspecified atom stereocenters. The first-order chi connectivity index (χ1) is 12.8. The molecule has 0 aliphatic heterocycles. The molecule has 1 amide bonds. The summed E-state index contributed by atoms with van der Waals surface area (Å²) in [6.45, 7) is 0. The first-order valence-electron chi connectivity index (χ1n) is 8.46. The van der Waals surface area contributed by atoms with Crippen LogP contribution in [0.1, 0.15) is 5.56 Å². The molecule has 4 aromatic rings. The van der Waals surface area contributed by atoms with Crippen LogP contribution in [0.3, 0.4) is 0 Å². The maximum atomic E-state index is 12.5. The van der Waals surface area contributed by atoms with Crippen LogP contribution in [0.5, 0.6) is 0 Å². The molecule has 0 fully saturated rings. The minimum Gasteiger partial charge on any atom is -0.361 e. The Morgan fingerprint density at radius 2 is 1.73 bits per heavy atom. The number of benzene rings is 3. The Kier molecular flexibility index (Phi) is 4.75. The van der Waals surface area contributed by atoms with Gasteiger partial charge in [-0.2, -0.15) is 0 Å². The van der Waals surface area contributed by atoms with Crippen molar-refractivity contribution in [3.05, 3.63) is 90.6 Å². The summed E-state index contributed by atoms with van der Waals surface area (Å²) >= 11 is 1.65. The van der Waals surface area contributed by atoms with E-state index in [1.165, 1.54) is 0 Å². The van der Waals surface area contributed by atoms with E-state index >= 15 is 0 Å². The average Bonchev–Trinajstić information content (AvgIpc) is 3.12. The van der Waals surface area contributed by atoms with Gasteiger partial charge in [0.2, 0.25) is 5.91 Å². The molecule has 0 atom stereocenters. The zero-order chi connectivity index (χ0) is 17.8. The summed E-state index contributed by atoms with van der Waals surface area (Å²) in [5, 5.41) is 4.17. The lowest BCUT2D eigenvalue weighted by atomic mass is 10.1. The molecule has 4 heteroatoms. The van der Waals surface area contributed by atoms with Crippen molar-refractivity contribution >= 4 is 34.3 Å². The number of hydrogen-bond acceptors (Lipinski definition) is 2. The van der Waals surface area contributed by atoms with Gasteiger partial charge in [0.15, 0.2) is 0 Å². The maximum Gasteiger partial charge on any atom is 0.228 e. The lowest BCUT2D eigenvalue weighted by Gasteiger charge is -2.11. The monoisotopic (exact) mass is 358 g/mol. The minimum absolute atomic E-state index is 0.0130. The second-order valence-corrected chi connectivity index (χ2v) is 7.15. The summed E-state index contributed by atoms with van der Waals surface area (Å²) in [7, 11) is 0. The molecule has 3 aromatic carbocycles. The van der Waals surface area contributed by atoms with E-state index in [1.54, 1.807) is 11.8 Å². The van der Waals surface area contributed by atoms with Crippen molar-refractivity contribution in [2.24, 2.45) is 0 Å². The Hall–Kier alpha value is -2.98. The molecule has 0 saturated heterocycles. The van der Waals surface area contributed by atoms with Gasteiger partial charge in [0, 0.05) is 21.5 Å². The number of rotatable bonds is 5. The van der Waals surface area contributed by atoms with E-state index in [9.17, 15) is 4.79 Å². The second kappa shape index (κ2) is 7.50. The van der Waals surface area contributed by atoms with Gasteiger partial charge >= 0.3 is 0 Å². The van der Waals surface area contributed by atoms with Crippen LogP contribution in [-0.2, 0) is 11.2 Å². The topological polar surface area (TPSA) is 44.9 Å². The Bertz CT molecular complexity index is 1040. The van der Waals surface area contributed by atoms with Gasteiger partial charge in [-0.3, -0.25) is 4.79 Å². The molecular formula is C22H18N2OS. The fourth-order valence-corrected chi connectivity index (χ4v) is 3.79. The van der Waals surface area contributed by atoms with E-state index in [0.29, 0.717) is 6.42 Å². The van der Waals surface area contributed by atoms with E-state index in [4.69, 9.17) is 0 Å². The third-order valence-corrected chi connectivity index (χ3v) is 5.20. The molecule has 2 N–H and O–H groups in total. The van der Waals surface area contributed by atoms with E-state index in [0.717, 1.165) is 31.9 Å². The quantitative estimate of drug-likeness (QED) is 0.495. The second-order valence-electron chi connectivity index (χ2n) is 6.04. The SMILES string of the molecule is O=C(Cc1ccc2[nH]ccc2c1)Nc1ccccc1Sc1ccccc1. The summed E-state index contributed by atoms with van der Waals surface area (Å²) in [6.07, 6.45) is 2.26. The molecule has 0 saturated carbocycles. The van der Waals surface area contributed by atoms with Gasteiger partial charge in [0.25, 0.3) is 0 Å². The molecule has 3 nitrogen and oxygen atoms in total. The first kappa shape index (κ1) is 16.5. The standard InChI is InChI=1S/C22H18N2OS/c25-22(15-16-10-11-19-17(14-16)12-13-23-19)24-20-8-4-5-9-21(20)26-18-6-2-1-3-7-18/h1-14,23H,15H2,(H,24,25). The summed E-state index contributed by atoms with van der Waals surface area (Å²) in [5.74, 6) is -0.0130. The first-order valence-corrected chi connectivity index (χ1v) is 9.27. The third-order valence-electron chi connectivity index (χ3n) is 4.11. The number of amides is 1. The summed E-state index contributed by atoms with van der Waals surface area (Å²) in [5.41, 5.74) is 2.93. The molecule has 1 aromatic heterocycles. The predicted octanol–water partition coefficient (Wildman–Crippen LogP) is 5.50. The van der Waals surface area contributed by atoms with Crippen LogP contribution in [0, 0.1) is 0 Å². The largest absolute Gasteiger partial charge is 0.361 e. The zero-order valence-electron chi connectivity index (χ0n) is 14.1. The van der Waals surface area contributed by atoms with Crippen LogP contribution in [-0.4, -0.2) is 10.9 Å². The van der Waals surface area contributed by atoms with Gasteiger partial charge in [-0.15, -0.1) is 0 Å². The highest BCUT2D eigenvalue weighted by atomic mass is 32.2. The number of hydrogen-bond donors (Lipinski definition) is 2. The van der Waals surface area contributed by atoms with E-state index in [1.807, 2.05) is 66.9 Å². The normalized spacial score (nSPS) is 10.8. The molecule has 26 heavy (non-hydrogen) atoms. The summed E-state index contributed by atoms with van der Waals surface area (Å²) in [4.78, 5) is 17.9. The van der Waals surface area contributed by atoms with Gasteiger partial charge in [0.1, 0.15) is 0 Å². The summed E-state index contributed by atoms with van der Waals surface area (Å²) in [6, 6.07) is 26.1. The van der Waals surface area contributed by atoms with Gasteiger partial charge in [-0.1, -0.05) is 48.2 Å². The summed E-state index contributed by atoms with van der Waals surface area (Å²) < 4.78 is 0. The minimum atomic E-state index is -0.0130. The molecule has 0 radical (unpaired) electrons. The molecule has 0 aliphatic rings. The average molecular weight is 358 g/mol. The van der Waals surface area contributed by atoms with Crippen molar-refractivity contribution < 1.29 is 4.79 Å². The lowest BCUT2D eigenvalue weighted by molar-refractivity contribution is -0.115. The number of para-hydroxylation sites is 1. The fourth-order valence-electron chi connectivity index (χ4n) is 2.87. The predicted molar refractivity (Wildman–Crippen MR) is 108 cm³/mol. The van der Waals surface area contributed by atoms with Crippen LogP contribution in [0.25, 0.3) is 10.9 Å². The number of carbonyl (C=O) groups is 1. The van der Waals surface area contributed by atoms with Crippen molar-refractivity contribution in [3.8, 4) is 0 Å². The maximum absolute atomic E-state index is 12.5. The zero-order valence-corrected chi connectivity index (χ0v) is 14.9. The molecule has 4 rings (SSSR count). The Morgan fingerprint density at radius 1 is 0.923 bits per heavy atom. The number of fused-ring (bicyclic) bond motifs is 1. The van der Waals surface area contributed by atoms with Crippen molar-refractivity contribution in [1.29, 1.82) is 0 Å². The van der Waals surface area contributed by atoms with Crippen LogP contribution in [0.15, 0.2) is 94.9 Å². The number of aromatic nitrogens is 1. The van der Waals surface area contributed by atoms with Crippen molar-refractivity contribution in [2.45, 2.75) is 16.2 Å². The van der Waals surface area contributed by atoms with Crippen LogP contribution < -0.4 is 5.32 Å². The number of aromatic amines is 1. The number of H-pyrrole nitrogens is 1. The fraction of sp³-hybridized carbons (Fsp3) is 0.0455. The number of anilines is 1. The van der Waals surface area contributed by atoms with Crippen LogP contribution in [0.4, 0.5) is 5.69 Å². The Morgan fingerprint density at radius 3 is 2.62 bits per heavy atom. The smallest absolute Gasteiger partial charge is 0.228 e. The molecule has 0 spiro atoms. The lowest BCUT2D eigenvalue weighted by Crippen LogP contribution is -2.14. The number of carbonyl (C=O) groups excluding carboxylic acids is 1. The van der Waals surface area contributed by atoms with Crippen molar-refractivity contribution in [1.82, 2.24) is 4.98 Å². The van der Waals surface area contributed by atoms with Crippen molar-refractivity contribution in [3.63, 3.8) is 0 Å². The highest BCUT2D eigenvalue weighted by Crippen LogP contribution is 2.33. The Labute approximate surface area is 156 Å². The van der Waals surface area contributed by atoms with Gasteiger partial charge in [0.05, 0.1) is 12.1 Å².